The molecule has 0 unspecified atom stereocenters. The topological polar surface area (TPSA) is 79.3 Å². The molecule has 0 bridgehead atoms. The number of ether oxygens (including phenoxy) is 1. The van der Waals surface area contributed by atoms with E-state index in [9.17, 15) is 18.0 Å². The molecule has 1 aliphatic heterocycles. The summed E-state index contributed by atoms with van der Waals surface area (Å²) in [5.41, 5.74) is 7.40. The zero-order valence-corrected chi connectivity index (χ0v) is 16.3. The van der Waals surface area contributed by atoms with Crippen LogP contribution in [0.1, 0.15) is 29.5 Å². The van der Waals surface area contributed by atoms with E-state index < -0.39 is 23.5 Å². The quantitative estimate of drug-likeness (QED) is 0.703. The van der Waals surface area contributed by atoms with E-state index >= 15 is 0 Å². The molecular formula is C22H22F3N3O2. The number of nitrogens with two attached hydrogens (primary N) is 1. The molecule has 0 aliphatic carbocycles. The Bertz CT molecular complexity index is 944. The summed E-state index contributed by atoms with van der Waals surface area (Å²) in [4.78, 5) is 14.1. The monoisotopic (exact) mass is 417 g/mol. The largest absolute Gasteiger partial charge is 0.372 e. The summed E-state index contributed by atoms with van der Waals surface area (Å²) >= 11 is 0. The fourth-order valence-corrected chi connectivity index (χ4v) is 3.41. The summed E-state index contributed by atoms with van der Waals surface area (Å²) in [5, 5.41) is 8.82. The minimum atomic E-state index is -1.26. The molecule has 1 amide bonds. The number of carbonyl (C=O) groups is 1. The molecule has 158 valence electrons. The number of nitriles is 1. The smallest absolute Gasteiger partial charge is 0.224 e. The van der Waals surface area contributed by atoms with Gasteiger partial charge in [0.2, 0.25) is 5.91 Å². The number of benzene rings is 2. The summed E-state index contributed by atoms with van der Waals surface area (Å²) in [5.74, 6) is -3.47. The molecule has 1 heterocycles. The van der Waals surface area contributed by atoms with Crippen LogP contribution in [0.2, 0.25) is 0 Å². The van der Waals surface area contributed by atoms with Crippen molar-refractivity contribution >= 4 is 5.91 Å². The molecular weight excluding hydrogens is 395 g/mol. The van der Waals surface area contributed by atoms with Gasteiger partial charge in [0, 0.05) is 31.6 Å². The highest BCUT2D eigenvalue weighted by Gasteiger charge is 2.28. The summed E-state index contributed by atoms with van der Waals surface area (Å²) < 4.78 is 45.9. The highest BCUT2D eigenvalue weighted by molar-refractivity contribution is 5.77. The molecule has 2 atom stereocenters. The first kappa shape index (κ1) is 21.8. The standard InChI is InChI=1S/C22H22F3N3O2/c23-19-10-21(25)20(24)8-16(19)7-17(27)9-22(29)28-6-5-18(12-28)30-13-15-3-1-14(11-26)2-4-15/h1-4,8,10,17-18H,5-7,9,12-13,27H2/t17-,18-/m1/s1. The molecule has 0 aromatic heterocycles. The Morgan fingerprint density at radius 3 is 2.60 bits per heavy atom. The van der Waals surface area contributed by atoms with Gasteiger partial charge in [0.15, 0.2) is 11.6 Å². The molecule has 1 fully saturated rings. The van der Waals surface area contributed by atoms with Gasteiger partial charge < -0.3 is 15.4 Å². The zero-order valence-electron chi connectivity index (χ0n) is 16.3. The lowest BCUT2D eigenvalue weighted by atomic mass is 10.0. The maximum Gasteiger partial charge on any atom is 0.224 e. The second kappa shape index (κ2) is 9.74. The van der Waals surface area contributed by atoms with Crippen molar-refractivity contribution in [2.24, 2.45) is 5.73 Å². The molecule has 0 radical (unpaired) electrons. The number of hydrogen-bond donors (Lipinski definition) is 1. The van der Waals surface area contributed by atoms with E-state index in [0.29, 0.717) is 37.7 Å². The molecule has 2 aromatic rings. The van der Waals surface area contributed by atoms with Crippen molar-refractivity contribution in [2.45, 2.75) is 38.0 Å². The van der Waals surface area contributed by atoms with Crippen LogP contribution in [0.3, 0.4) is 0 Å². The molecule has 2 aromatic carbocycles. The molecule has 1 aliphatic rings. The lowest BCUT2D eigenvalue weighted by Gasteiger charge is -2.19. The molecule has 30 heavy (non-hydrogen) atoms. The second-order valence-corrected chi connectivity index (χ2v) is 7.40. The van der Waals surface area contributed by atoms with Crippen molar-refractivity contribution in [3.05, 3.63) is 70.5 Å². The molecule has 3 rings (SSSR count). The first-order valence-electron chi connectivity index (χ1n) is 9.63. The summed E-state index contributed by atoms with van der Waals surface area (Å²) in [6.07, 6.45) is 0.487. The van der Waals surface area contributed by atoms with Crippen LogP contribution in [0, 0.1) is 28.8 Å². The molecule has 0 spiro atoms. The van der Waals surface area contributed by atoms with Gasteiger partial charge >= 0.3 is 0 Å². The Kier molecular flexibility index (Phi) is 7.08. The van der Waals surface area contributed by atoms with E-state index in [4.69, 9.17) is 15.7 Å². The van der Waals surface area contributed by atoms with Crippen LogP contribution in [0.4, 0.5) is 13.2 Å². The van der Waals surface area contributed by atoms with Gasteiger partial charge in [0.25, 0.3) is 0 Å². The Morgan fingerprint density at radius 1 is 1.20 bits per heavy atom. The molecule has 1 saturated heterocycles. The highest BCUT2D eigenvalue weighted by Crippen LogP contribution is 2.19. The number of amides is 1. The van der Waals surface area contributed by atoms with Gasteiger partial charge in [-0.25, -0.2) is 13.2 Å². The van der Waals surface area contributed by atoms with E-state index in [0.717, 1.165) is 11.6 Å². The van der Waals surface area contributed by atoms with Crippen LogP contribution in [-0.4, -0.2) is 36.0 Å². The number of likely N-dealkylation sites (tertiary alicyclic amines) is 1. The molecule has 2 N–H and O–H groups in total. The van der Waals surface area contributed by atoms with Gasteiger partial charge in [-0.05, 0) is 42.2 Å². The van der Waals surface area contributed by atoms with E-state index in [-0.39, 0.29) is 30.4 Å². The first-order chi connectivity index (χ1) is 14.4. The predicted octanol–water partition coefficient (Wildman–Crippen LogP) is 3.05. The van der Waals surface area contributed by atoms with Crippen molar-refractivity contribution in [1.29, 1.82) is 5.26 Å². The second-order valence-electron chi connectivity index (χ2n) is 7.40. The Balaban J connectivity index is 1.46. The lowest BCUT2D eigenvalue weighted by molar-refractivity contribution is -0.131. The van der Waals surface area contributed by atoms with E-state index in [1.807, 2.05) is 12.1 Å². The van der Waals surface area contributed by atoms with Crippen LogP contribution in [0.5, 0.6) is 0 Å². The third-order valence-electron chi connectivity index (χ3n) is 5.07. The summed E-state index contributed by atoms with van der Waals surface area (Å²) in [7, 11) is 0. The SMILES string of the molecule is N#Cc1ccc(CO[C@@H]2CCN(C(=O)C[C@H](N)Cc3cc(F)c(F)cc3F)C2)cc1. The minimum absolute atomic E-state index is 0.0270. The lowest BCUT2D eigenvalue weighted by Crippen LogP contribution is -2.36. The van der Waals surface area contributed by atoms with Crippen LogP contribution in [-0.2, 0) is 22.6 Å². The normalized spacial score (nSPS) is 17.0. The van der Waals surface area contributed by atoms with E-state index in [1.54, 1.807) is 17.0 Å². The maximum atomic E-state index is 13.8. The number of hydrogen-bond acceptors (Lipinski definition) is 4. The minimum Gasteiger partial charge on any atom is -0.372 e. The number of carbonyl (C=O) groups excluding carboxylic acids is 1. The Morgan fingerprint density at radius 2 is 1.90 bits per heavy atom. The van der Waals surface area contributed by atoms with Crippen molar-refractivity contribution in [3.8, 4) is 6.07 Å². The number of nitrogens with zero attached hydrogens (tertiary/aromatic N) is 2. The van der Waals surface area contributed by atoms with Crippen molar-refractivity contribution < 1.29 is 22.7 Å². The summed E-state index contributed by atoms with van der Waals surface area (Å²) in [6.45, 7) is 1.35. The fourth-order valence-electron chi connectivity index (χ4n) is 3.41. The van der Waals surface area contributed by atoms with Gasteiger partial charge in [-0.15, -0.1) is 0 Å². The van der Waals surface area contributed by atoms with Gasteiger partial charge in [0.1, 0.15) is 5.82 Å². The zero-order chi connectivity index (χ0) is 21.7. The maximum absolute atomic E-state index is 13.8. The van der Waals surface area contributed by atoms with Crippen molar-refractivity contribution in [3.63, 3.8) is 0 Å². The van der Waals surface area contributed by atoms with Crippen molar-refractivity contribution in [2.75, 3.05) is 13.1 Å². The van der Waals surface area contributed by atoms with Gasteiger partial charge in [-0.2, -0.15) is 5.26 Å². The van der Waals surface area contributed by atoms with E-state index in [2.05, 4.69) is 6.07 Å². The molecule has 0 saturated carbocycles. The average Bonchev–Trinajstić information content (AvgIpc) is 3.20. The highest BCUT2D eigenvalue weighted by atomic mass is 19.2. The molecule has 5 nitrogen and oxygen atoms in total. The fraction of sp³-hybridized carbons (Fsp3) is 0.364. The van der Waals surface area contributed by atoms with Crippen LogP contribution < -0.4 is 5.73 Å². The summed E-state index contributed by atoms with van der Waals surface area (Å²) in [6, 6.07) is 9.70. The first-order valence-corrected chi connectivity index (χ1v) is 9.63. The van der Waals surface area contributed by atoms with Gasteiger partial charge in [0.05, 0.1) is 24.3 Å². The third kappa shape index (κ3) is 5.59. The Hall–Kier alpha value is -2.89. The Labute approximate surface area is 172 Å². The van der Waals surface area contributed by atoms with Crippen LogP contribution >= 0.6 is 0 Å². The van der Waals surface area contributed by atoms with Crippen molar-refractivity contribution in [1.82, 2.24) is 4.90 Å². The average molecular weight is 417 g/mol. The number of halogens is 3. The predicted molar refractivity (Wildman–Crippen MR) is 104 cm³/mol. The van der Waals surface area contributed by atoms with Crippen LogP contribution in [0.15, 0.2) is 36.4 Å². The van der Waals surface area contributed by atoms with Gasteiger partial charge in [-0.3, -0.25) is 4.79 Å². The number of rotatable bonds is 7. The van der Waals surface area contributed by atoms with Gasteiger partial charge in [-0.1, -0.05) is 12.1 Å². The molecule has 8 heteroatoms. The third-order valence-corrected chi connectivity index (χ3v) is 5.07. The van der Waals surface area contributed by atoms with E-state index in [1.165, 1.54) is 0 Å². The van der Waals surface area contributed by atoms with Crippen LogP contribution in [0.25, 0.3) is 0 Å².